The van der Waals surface area contributed by atoms with Gasteiger partial charge in [0.25, 0.3) is 0 Å². The minimum absolute atomic E-state index is 0.294. The Morgan fingerprint density at radius 1 is 0.432 bits per heavy atom. The molecule has 0 aliphatic rings. The number of carbonyl (C=O) groups is 2. The van der Waals surface area contributed by atoms with Crippen molar-refractivity contribution in [3.05, 3.63) is 168 Å². The van der Waals surface area contributed by atoms with Gasteiger partial charge in [-0.15, -0.1) is 0 Å². The Balaban J connectivity index is 1.35. The Morgan fingerprint density at radius 3 is 0.955 bits per heavy atom. The molecule has 0 saturated carbocycles. The molecule has 0 fully saturated rings. The van der Waals surface area contributed by atoms with Gasteiger partial charge in [0, 0.05) is 22.3 Å². The van der Waals surface area contributed by atoms with Gasteiger partial charge in [0.1, 0.15) is 12.1 Å². The van der Waals surface area contributed by atoms with Crippen molar-refractivity contribution in [1.29, 1.82) is 0 Å². The van der Waals surface area contributed by atoms with Gasteiger partial charge in [-0.1, -0.05) is 133 Å². The molecule has 44 heavy (non-hydrogen) atoms. The van der Waals surface area contributed by atoms with Crippen LogP contribution in [0.3, 0.4) is 0 Å². The van der Waals surface area contributed by atoms with Crippen molar-refractivity contribution in [3.63, 3.8) is 0 Å². The highest BCUT2D eigenvalue weighted by molar-refractivity contribution is 6.15. The maximum absolute atomic E-state index is 13.4. The largest absolute Gasteiger partial charge is 0.322 e. The molecule has 0 bridgehead atoms. The first-order valence-corrected chi connectivity index (χ1v) is 14.6. The van der Waals surface area contributed by atoms with Gasteiger partial charge in [0.2, 0.25) is 11.8 Å². The van der Waals surface area contributed by atoms with Gasteiger partial charge in [0.15, 0.2) is 0 Å². The van der Waals surface area contributed by atoms with Crippen molar-refractivity contribution in [2.24, 2.45) is 9.98 Å². The van der Waals surface area contributed by atoms with Gasteiger partial charge in [-0.25, -0.2) is 0 Å². The van der Waals surface area contributed by atoms with E-state index in [9.17, 15) is 9.59 Å². The number of nitrogens with one attached hydrogen (secondary N) is 2. The summed E-state index contributed by atoms with van der Waals surface area (Å²) in [5, 5.41) is 5.92. The van der Waals surface area contributed by atoms with Gasteiger partial charge in [-0.2, -0.15) is 0 Å². The fraction of sp³-hybridized carbons (Fsp3) is 0.105. The van der Waals surface area contributed by atoms with Crippen LogP contribution in [0.4, 0.5) is 11.4 Å². The predicted molar refractivity (Wildman–Crippen MR) is 180 cm³/mol. The van der Waals surface area contributed by atoms with E-state index in [0.29, 0.717) is 11.4 Å². The fourth-order valence-corrected chi connectivity index (χ4v) is 4.70. The van der Waals surface area contributed by atoms with Crippen LogP contribution in [0.1, 0.15) is 36.1 Å². The summed E-state index contributed by atoms with van der Waals surface area (Å²) in [5.41, 5.74) is 6.12. The number of amides is 2. The summed E-state index contributed by atoms with van der Waals surface area (Å²) in [4.78, 5) is 36.4. The van der Waals surface area contributed by atoms with Crippen molar-refractivity contribution < 1.29 is 9.59 Å². The normalized spacial score (nSPS) is 11.9. The molecular formula is C38H34N4O2. The molecule has 5 aromatic rings. The second-order valence-corrected chi connectivity index (χ2v) is 10.3. The molecule has 6 heteroatoms. The Hall–Kier alpha value is -5.62. The quantitative estimate of drug-likeness (QED) is 0.169. The van der Waals surface area contributed by atoms with Gasteiger partial charge in [0.05, 0.1) is 22.8 Å². The van der Waals surface area contributed by atoms with Crippen molar-refractivity contribution in [3.8, 4) is 0 Å². The molecule has 0 aromatic heterocycles. The van der Waals surface area contributed by atoms with Gasteiger partial charge in [-0.05, 0) is 26.0 Å². The molecule has 218 valence electrons. The van der Waals surface area contributed by atoms with Crippen LogP contribution in [0.15, 0.2) is 156 Å². The van der Waals surface area contributed by atoms with E-state index in [4.69, 9.17) is 9.98 Å². The number of benzene rings is 5. The zero-order chi connectivity index (χ0) is 30.7. The Labute approximate surface area is 258 Å². The molecule has 5 aromatic carbocycles. The van der Waals surface area contributed by atoms with Crippen LogP contribution in [0.5, 0.6) is 0 Å². The number of rotatable bonds is 10. The first-order chi connectivity index (χ1) is 21.5. The van der Waals surface area contributed by atoms with Crippen LogP contribution >= 0.6 is 0 Å². The summed E-state index contributed by atoms with van der Waals surface area (Å²) < 4.78 is 0. The number of nitrogens with zero attached hydrogens (tertiary/aromatic N) is 2. The Kier molecular flexibility index (Phi) is 9.85. The number of carbonyl (C=O) groups excluding carboxylic acids is 2. The molecule has 0 spiro atoms. The molecule has 0 aliphatic heterocycles. The number of hydrogen-bond acceptors (Lipinski definition) is 4. The first-order valence-electron chi connectivity index (χ1n) is 14.6. The molecule has 0 heterocycles. The van der Waals surface area contributed by atoms with E-state index in [0.717, 1.165) is 33.7 Å². The third-order valence-corrected chi connectivity index (χ3v) is 7.04. The number of anilines is 2. The summed E-state index contributed by atoms with van der Waals surface area (Å²) in [6, 6.07) is 44.9. The highest BCUT2D eigenvalue weighted by Crippen LogP contribution is 2.23. The summed E-state index contributed by atoms with van der Waals surface area (Å²) in [7, 11) is 0. The molecule has 0 radical (unpaired) electrons. The molecule has 2 amide bonds. The van der Waals surface area contributed by atoms with E-state index in [-0.39, 0.29) is 11.8 Å². The van der Waals surface area contributed by atoms with Crippen molar-refractivity contribution in [1.82, 2.24) is 0 Å². The predicted octanol–water partition coefficient (Wildman–Crippen LogP) is 7.42. The third kappa shape index (κ3) is 7.61. The number of hydrogen-bond donors (Lipinski definition) is 2. The third-order valence-electron chi connectivity index (χ3n) is 7.04. The van der Waals surface area contributed by atoms with Gasteiger partial charge < -0.3 is 10.6 Å². The maximum atomic E-state index is 13.4. The molecule has 0 aliphatic carbocycles. The zero-order valence-corrected chi connectivity index (χ0v) is 24.7. The molecule has 0 saturated heterocycles. The summed E-state index contributed by atoms with van der Waals surface area (Å²) in [5.74, 6) is -0.588. The molecule has 0 unspecified atom stereocenters. The topological polar surface area (TPSA) is 82.9 Å². The molecule has 2 atom stereocenters. The van der Waals surface area contributed by atoms with E-state index >= 15 is 0 Å². The summed E-state index contributed by atoms with van der Waals surface area (Å²) >= 11 is 0. The molecule has 6 nitrogen and oxygen atoms in total. The first kappa shape index (κ1) is 29.9. The Bertz CT molecular complexity index is 1540. The lowest BCUT2D eigenvalue weighted by atomic mass is 10.0. The van der Waals surface area contributed by atoms with E-state index in [2.05, 4.69) is 10.6 Å². The van der Waals surface area contributed by atoms with Crippen LogP contribution in [-0.2, 0) is 9.59 Å². The number of aliphatic imine (C=N–C) groups is 2. The SMILES string of the molecule is C[C@H](N=C(c1ccccc1)c1ccccc1)C(=O)Nc1ccccc1NC(=O)[C@H](C)N=C(c1ccccc1)c1ccccc1. The second-order valence-electron chi connectivity index (χ2n) is 10.3. The van der Waals surface area contributed by atoms with Crippen LogP contribution in [0.2, 0.25) is 0 Å². The highest BCUT2D eigenvalue weighted by Gasteiger charge is 2.19. The van der Waals surface area contributed by atoms with E-state index < -0.39 is 12.1 Å². The van der Waals surface area contributed by atoms with Gasteiger partial charge in [-0.3, -0.25) is 19.6 Å². The average molecular weight is 579 g/mol. The van der Waals surface area contributed by atoms with Crippen molar-refractivity contribution in [2.45, 2.75) is 25.9 Å². The van der Waals surface area contributed by atoms with Gasteiger partial charge >= 0.3 is 0 Å². The maximum Gasteiger partial charge on any atom is 0.248 e. The zero-order valence-electron chi connectivity index (χ0n) is 24.7. The minimum atomic E-state index is -0.697. The van der Waals surface area contributed by atoms with Crippen molar-refractivity contribution in [2.75, 3.05) is 10.6 Å². The lowest BCUT2D eigenvalue weighted by Crippen LogP contribution is -2.28. The van der Waals surface area contributed by atoms with E-state index in [1.807, 2.05) is 133 Å². The van der Waals surface area contributed by atoms with Crippen LogP contribution in [-0.4, -0.2) is 35.3 Å². The standard InChI is InChI=1S/C38H34N4O2/c1-27(39-35(29-17-7-3-8-18-29)30-19-9-4-10-20-30)37(43)41-33-25-15-16-26-34(33)42-38(44)28(2)40-36(31-21-11-5-12-22-31)32-23-13-6-14-24-32/h3-28H,1-2H3,(H,41,43)(H,42,44)/t27-,28-/m0/s1. The molecule has 5 rings (SSSR count). The minimum Gasteiger partial charge on any atom is -0.322 e. The average Bonchev–Trinajstić information content (AvgIpc) is 3.08. The van der Waals surface area contributed by atoms with Crippen molar-refractivity contribution >= 4 is 34.6 Å². The number of para-hydroxylation sites is 2. The van der Waals surface area contributed by atoms with E-state index in [1.165, 1.54) is 0 Å². The lowest BCUT2D eigenvalue weighted by molar-refractivity contribution is -0.117. The fourth-order valence-electron chi connectivity index (χ4n) is 4.70. The van der Waals surface area contributed by atoms with E-state index in [1.54, 1.807) is 26.0 Å². The second kappa shape index (κ2) is 14.5. The Morgan fingerprint density at radius 2 is 0.682 bits per heavy atom. The lowest BCUT2D eigenvalue weighted by Gasteiger charge is -2.17. The highest BCUT2D eigenvalue weighted by atomic mass is 16.2. The monoisotopic (exact) mass is 578 g/mol. The summed E-state index contributed by atoms with van der Waals surface area (Å²) in [6.07, 6.45) is 0. The van der Waals surface area contributed by atoms with Crippen LogP contribution in [0.25, 0.3) is 0 Å². The molecule has 2 N–H and O–H groups in total. The van der Waals surface area contributed by atoms with Crippen LogP contribution in [0, 0.1) is 0 Å². The summed E-state index contributed by atoms with van der Waals surface area (Å²) in [6.45, 7) is 3.52. The molecular weight excluding hydrogens is 544 g/mol. The smallest absolute Gasteiger partial charge is 0.248 e. The van der Waals surface area contributed by atoms with Crippen LogP contribution < -0.4 is 10.6 Å².